The molecule has 0 heterocycles. The maximum Gasteiger partial charge on any atom is -0.0314 e. The topological polar surface area (TPSA) is 0 Å². The molecule has 0 aliphatic rings. The predicted molar refractivity (Wildman–Crippen MR) is 80.3 cm³/mol. The molecule has 0 aromatic carbocycles. The molecule has 0 spiro atoms. The van der Waals surface area contributed by atoms with Gasteiger partial charge in [0, 0.05) is 0 Å². The van der Waals surface area contributed by atoms with Crippen LogP contribution in [0.2, 0.25) is 0 Å². The number of unbranched alkanes of at least 4 members (excludes halogenated alkanes) is 1. The standard InChI is InChI=1S/C17H36/c1-9-11-12-14(10-2)13-15(16(3,4)5)17(6,7)8/h14-15H,9-13H2,1-8H3. The van der Waals surface area contributed by atoms with E-state index in [4.69, 9.17) is 0 Å². The van der Waals surface area contributed by atoms with Crippen LogP contribution in [0.25, 0.3) is 0 Å². The quantitative estimate of drug-likeness (QED) is 0.511. The van der Waals surface area contributed by atoms with E-state index >= 15 is 0 Å². The van der Waals surface area contributed by atoms with Crippen LogP contribution in [0.5, 0.6) is 0 Å². The fourth-order valence-corrected chi connectivity index (χ4v) is 3.32. The van der Waals surface area contributed by atoms with Crippen LogP contribution >= 0.6 is 0 Å². The van der Waals surface area contributed by atoms with Gasteiger partial charge in [-0.25, -0.2) is 0 Å². The summed E-state index contributed by atoms with van der Waals surface area (Å²) in [5.74, 6) is 1.75. The fourth-order valence-electron chi connectivity index (χ4n) is 3.32. The molecule has 0 nitrogen and oxygen atoms in total. The molecule has 0 N–H and O–H groups in total. The minimum Gasteiger partial charge on any atom is -0.0654 e. The van der Waals surface area contributed by atoms with Gasteiger partial charge in [-0.05, 0) is 29.1 Å². The van der Waals surface area contributed by atoms with Gasteiger partial charge in [0.15, 0.2) is 0 Å². The van der Waals surface area contributed by atoms with Crippen molar-refractivity contribution in [3.05, 3.63) is 0 Å². The summed E-state index contributed by atoms with van der Waals surface area (Å²) >= 11 is 0. The normalized spacial score (nSPS) is 15.4. The number of rotatable bonds is 6. The summed E-state index contributed by atoms with van der Waals surface area (Å²) in [6, 6.07) is 0. The van der Waals surface area contributed by atoms with Gasteiger partial charge in [0.25, 0.3) is 0 Å². The Morgan fingerprint density at radius 2 is 1.29 bits per heavy atom. The van der Waals surface area contributed by atoms with E-state index in [0.717, 1.165) is 11.8 Å². The summed E-state index contributed by atoms with van der Waals surface area (Å²) in [5, 5.41) is 0. The molecule has 1 unspecified atom stereocenters. The second kappa shape index (κ2) is 6.81. The lowest BCUT2D eigenvalue weighted by Crippen LogP contribution is -2.34. The first-order chi connectivity index (χ1) is 7.62. The third kappa shape index (κ3) is 6.48. The van der Waals surface area contributed by atoms with Crippen molar-refractivity contribution >= 4 is 0 Å². The molecule has 0 rings (SSSR count). The van der Waals surface area contributed by atoms with Gasteiger partial charge in [0.05, 0.1) is 0 Å². The zero-order valence-electron chi connectivity index (χ0n) is 13.7. The average molecular weight is 240 g/mol. The minimum atomic E-state index is 0.428. The van der Waals surface area contributed by atoms with E-state index in [0.29, 0.717) is 10.8 Å². The third-order valence-corrected chi connectivity index (χ3v) is 4.20. The molecule has 0 saturated carbocycles. The van der Waals surface area contributed by atoms with Crippen molar-refractivity contribution in [3.63, 3.8) is 0 Å². The van der Waals surface area contributed by atoms with E-state index < -0.39 is 0 Å². The molecule has 0 saturated heterocycles. The zero-order chi connectivity index (χ0) is 13.7. The molecule has 0 bridgehead atoms. The van der Waals surface area contributed by atoms with Gasteiger partial charge in [-0.2, -0.15) is 0 Å². The van der Waals surface area contributed by atoms with Crippen molar-refractivity contribution < 1.29 is 0 Å². The smallest absolute Gasteiger partial charge is 0.0314 e. The molecule has 0 aromatic rings. The lowest BCUT2D eigenvalue weighted by Gasteiger charge is -2.42. The molecule has 0 aliphatic heterocycles. The average Bonchev–Trinajstić information content (AvgIpc) is 2.14. The monoisotopic (exact) mass is 240 g/mol. The lowest BCUT2D eigenvalue weighted by molar-refractivity contribution is 0.0720. The van der Waals surface area contributed by atoms with Crippen LogP contribution in [0.15, 0.2) is 0 Å². The van der Waals surface area contributed by atoms with E-state index in [1.807, 2.05) is 0 Å². The Labute approximate surface area is 111 Å². The lowest BCUT2D eigenvalue weighted by atomic mass is 9.63. The molecule has 0 radical (unpaired) electrons. The van der Waals surface area contributed by atoms with E-state index in [-0.39, 0.29) is 0 Å². The van der Waals surface area contributed by atoms with Crippen molar-refractivity contribution in [1.82, 2.24) is 0 Å². The van der Waals surface area contributed by atoms with Crippen LogP contribution < -0.4 is 0 Å². The highest BCUT2D eigenvalue weighted by Gasteiger charge is 2.35. The summed E-state index contributed by atoms with van der Waals surface area (Å²) in [5.41, 5.74) is 0.857. The van der Waals surface area contributed by atoms with E-state index in [1.54, 1.807) is 0 Å². The Bertz CT molecular complexity index is 175. The Balaban J connectivity index is 4.62. The fraction of sp³-hybridized carbons (Fsp3) is 1.00. The second-order valence-corrected chi connectivity index (χ2v) is 7.94. The summed E-state index contributed by atoms with van der Waals surface area (Å²) in [7, 11) is 0. The molecule has 104 valence electrons. The molecule has 0 aromatic heterocycles. The van der Waals surface area contributed by atoms with Gasteiger partial charge in [0.1, 0.15) is 0 Å². The van der Waals surface area contributed by atoms with Gasteiger partial charge >= 0.3 is 0 Å². The Morgan fingerprint density at radius 3 is 1.59 bits per heavy atom. The van der Waals surface area contributed by atoms with Gasteiger partial charge in [-0.15, -0.1) is 0 Å². The molecule has 1 atom stereocenters. The number of hydrogen-bond donors (Lipinski definition) is 0. The summed E-state index contributed by atoms with van der Waals surface area (Å²) in [4.78, 5) is 0. The highest BCUT2D eigenvalue weighted by Crippen LogP contribution is 2.44. The Morgan fingerprint density at radius 1 is 0.824 bits per heavy atom. The van der Waals surface area contributed by atoms with Crippen molar-refractivity contribution in [2.45, 2.75) is 87.5 Å². The van der Waals surface area contributed by atoms with Crippen molar-refractivity contribution in [3.8, 4) is 0 Å². The Hall–Kier alpha value is 0. The first-order valence-electron chi connectivity index (χ1n) is 7.62. The summed E-state index contributed by atoms with van der Waals surface area (Å²) < 4.78 is 0. The first-order valence-corrected chi connectivity index (χ1v) is 7.62. The third-order valence-electron chi connectivity index (χ3n) is 4.20. The number of hydrogen-bond acceptors (Lipinski definition) is 0. The van der Waals surface area contributed by atoms with Gasteiger partial charge < -0.3 is 0 Å². The molecule has 0 aliphatic carbocycles. The van der Waals surface area contributed by atoms with Crippen LogP contribution in [-0.2, 0) is 0 Å². The highest BCUT2D eigenvalue weighted by atomic mass is 14.4. The second-order valence-electron chi connectivity index (χ2n) is 7.94. The first kappa shape index (κ1) is 17.0. The van der Waals surface area contributed by atoms with E-state index in [1.165, 1.54) is 32.1 Å². The maximum absolute atomic E-state index is 2.41. The van der Waals surface area contributed by atoms with Gasteiger partial charge in [-0.1, -0.05) is 81.1 Å². The van der Waals surface area contributed by atoms with Gasteiger partial charge in [-0.3, -0.25) is 0 Å². The largest absolute Gasteiger partial charge is 0.0654 e. The Kier molecular flexibility index (Phi) is 6.81. The summed E-state index contributed by atoms with van der Waals surface area (Å²) in [6.07, 6.45) is 6.92. The van der Waals surface area contributed by atoms with Crippen molar-refractivity contribution in [2.24, 2.45) is 22.7 Å². The van der Waals surface area contributed by atoms with E-state index in [2.05, 4.69) is 55.4 Å². The van der Waals surface area contributed by atoms with Crippen molar-refractivity contribution in [2.75, 3.05) is 0 Å². The molecule has 0 heteroatoms. The van der Waals surface area contributed by atoms with Crippen LogP contribution in [0.3, 0.4) is 0 Å². The van der Waals surface area contributed by atoms with Gasteiger partial charge in [0.2, 0.25) is 0 Å². The van der Waals surface area contributed by atoms with Crippen LogP contribution in [0.1, 0.15) is 87.5 Å². The molecular formula is C17H36. The SMILES string of the molecule is CCCCC(CC)CC(C(C)(C)C)C(C)(C)C. The predicted octanol–water partition coefficient (Wildman–Crippen LogP) is 6.30. The minimum absolute atomic E-state index is 0.428. The van der Waals surface area contributed by atoms with Crippen molar-refractivity contribution in [1.29, 1.82) is 0 Å². The maximum atomic E-state index is 2.41. The van der Waals surface area contributed by atoms with E-state index in [9.17, 15) is 0 Å². The molecular weight excluding hydrogens is 204 g/mol. The summed E-state index contributed by atoms with van der Waals surface area (Å²) in [6.45, 7) is 19.1. The molecule has 0 amide bonds. The van der Waals surface area contributed by atoms with Crippen LogP contribution in [-0.4, -0.2) is 0 Å². The zero-order valence-corrected chi connectivity index (χ0v) is 13.7. The molecule has 0 fully saturated rings. The molecule has 17 heavy (non-hydrogen) atoms. The highest BCUT2D eigenvalue weighted by molar-refractivity contribution is 4.85. The van der Waals surface area contributed by atoms with Crippen LogP contribution in [0, 0.1) is 22.7 Å². The van der Waals surface area contributed by atoms with Crippen LogP contribution in [0.4, 0.5) is 0 Å².